The fraction of sp³-hybridized carbons (Fsp3) is 0.591. The Labute approximate surface area is 167 Å². The van der Waals surface area contributed by atoms with Crippen molar-refractivity contribution >= 4 is 17.7 Å². The second-order valence-electron chi connectivity index (χ2n) is 7.83. The lowest BCUT2D eigenvalue weighted by atomic mass is 9.82. The van der Waals surface area contributed by atoms with Crippen LogP contribution >= 0.6 is 0 Å². The Morgan fingerprint density at radius 2 is 1.82 bits per heavy atom. The van der Waals surface area contributed by atoms with Crippen molar-refractivity contribution in [2.75, 3.05) is 26.2 Å². The highest BCUT2D eigenvalue weighted by molar-refractivity contribution is 5.81. The Hall–Kier alpha value is -2.37. The molecule has 152 valence electrons. The summed E-state index contributed by atoms with van der Waals surface area (Å²) in [5.41, 5.74) is 1.14. The summed E-state index contributed by atoms with van der Waals surface area (Å²) >= 11 is 0. The molecule has 1 saturated carbocycles. The third-order valence-corrected chi connectivity index (χ3v) is 5.99. The molecule has 3 amide bonds. The highest BCUT2D eigenvalue weighted by Crippen LogP contribution is 2.29. The molecule has 1 aromatic rings. The molecule has 1 aromatic carbocycles. The molecule has 6 nitrogen and oxygen atoms in total. The van der Waals surface area contributed by atoms with Gasteiger partial charge in [0.05, 0.1) is 5.92 Å². The van der Waals surface area contributed by atoms with E-state index < -0.39 is 0 Å². The fourth-order valence-corrected chi connectivity index (χ4v) is 4.44. The van der Waals surface area contributed by atoms with E-state index in [0.29, 0.717) is 39.0 Å². The molecule has 2 fully saturated rings. The largest absolute Gasteiger partial charge is 0.354 e. The van der Waals surface area contributed by atoms with Gasteiger partial charge in [0.25, 0.3) is 0 Å². The van der Waals surface area contributed by atoms with E-state index in [1.165, 1.54) is 0 Å². The van der Waals surface area contributed by atoms with Crippen LogP contribution in [0, 0.1) is 5.92 Å². The topological polar surface area (TPSA) is 69.7 Å². The van der Waals surface area contributed by atoms with Crippen LogP contribution in [0.2, 0.25) is 0 Å². The van der Waals surface area contributed by atoms with E-state index >= 15 is 0 Å². The molecular formula is C22H31N3O3. The highest BCUT2D eigenvalue weighted by atomic mass is 16.2. The first-order chi connectivity index (χ1) is 13.6. The normalized spacial score (nSPS) is 23.5. The van der Waals surface area contributed by atoms with E-state index in [9.17, 15) is 14.4 Å². The minimum absolute atomic E-state index is 0.0121. The average molecular weight is 386 g/mol. The molecule has 1 saturated heterocycles. The van der Waals surface area contributed by atoms with Gasteiger partial charge in [0.1, 0.15) is 0 Å². The Bertz CT molecular complexity index is 692. The van der Waals surface area contributed by atoms with Crippen LogP contribution in [0.5, 0.6) is 0 Å². The van der Waals surface area contributed by atoms with E-state index in [1.807, 2.05) is 35.2 Å². The number of nitrogens with zero attached hydrogens (tertiary/aromatic N) is 2. The van der Waals surface area contributed by atoms with E-state index in [-0.39, 0.29) is 29.7 Å². The highest BCUT2D eigenvalue weighted by Gasteiger charge is 2.36. The number of fused-ring (bicyclic) bond motifs is 1. The van der Waals surface area contributed by atoms with E-state index in [2.05, 4.69) is 5.32 Å². The summed E-state index contributed by atoms with van der Waals surface area (Å²) in [5, 5.41) is 3.00. The molecule has 0 aromatic heterocycles. The lowest BCUT2D eigenvalue weighted by molar-refractivity contribution is -0.141. The van der Waals surface area contributed by atoms with Crippen LogP contribution in [0.25, 0.3) is 0 Å². The molecule has 6 heteroatoms. The van der Waals surface area contributed by atoms with Crippen molar-refractivity contribution in [3.05, 3.63) is 35.9 Å². The molecule has 1 N–H and O–H groups in total. The van der Waals surface area contributed by atoms with Gasteiger partial charge in [-0.1, -0.05) is 43.2 Å². The van der Waals surface area contributed by atoms with Crippen molar-refractivity contribution < 1.29 is 14.4 Å². The maximum atomic E-state index is 12.8. The molecule has 0 spiro atoms. The van der Waals surface area contributed by atoms with Crippen LogP contribution in [-0.2, 0) is 20.8 Å². The molecule has 0 radical (unpaired) electrons. The van der Waals surface area contributed by atoms with Gasteiger partial charge >= 0.3 is 0 Å². The third-order valence-electron chi connectivity index (χ3n) is 5.99. The molecule has 0 bridgehead atoms. The molecule has 2 atom stereocenters. The minimum atomic E-state index is -0.127. The quantitative estimate of drug-likeness (QED) is 0.865. The molecule has 1 aliphatic heterocycles. The summed E-state index contributed by atoms with van der Waals surface area (Å²) in [6.07, 6.45) is 4.90. The van der Waals surface area contributed by atoms with Crippen molar-refractivity contribution in [1.29, 1.82) is 0 Å². The Balaban J connectivity index is 1.67. The lowest BCUT2D eigenvalue weighted by Crippen LogP contribution is -2.55. The number of carbonyl (C=O) groups excluding carboxylic acids is 3. The zero-order valence-electron chi connectivity index (χ0n) is 16.7. The zero-order chi connectivity index (χ0) is 19.9. The monoisotopic (exact) mass is 385 g/mol. The maximum absolute atomic E-state index is 12.8. The van der Waals surface area contributed by atoms with Gasteiger partial charge in [0.15, 0.2) is 0 Å². The summed E-state index contributed by atoms with van der Waals surface area (Å²) < 4.78 is 0. The van der Waals surface area contributed by atoms with Crippen LogP contribution in [0.1, 0.15) is 44.6 Å². The number of amides is 3. The number of benzene rings is 1. The number of carbonyl (C=O) groups is 3. The first-order valence-electron chi connectivity index (χ1n) is 10.4. The van der Waals surface area contributed by atoms with Crippen molar-refractivity contribution in [2.24, 2.45) is 5.92 Å². The van der Waals surface area contributed by atoms with E-state index in [1.54, 1.807) is 11.8 Å². The molecule has 0 unspecified atom stereocenters. The number of hydrogen-bond donors (Lipinski definition) is 1. The summed E-state index contributed by atoms with van der Waals surface area (Å²) in [6, 6.07) is 9.92. The van der Waals surface area contributed by atoms with Crippen LogP contribution in [0.4, 0.5) is 0 Å². The van der Waals surface area contributed by atoms with Crippen LogP contribution in [-0.4, -0.2) is 59.7 Å². The maximum Gasteiger partial charge on any atom is 0.225 e. The molecule has 2 aliphatic rings. The second kappa shape index (κ2) is 9.71. The smallest absolute Gasteiger partial charge is 0.225 e. The van der Waals surface area contributed by atoms with E-state index in [4.69, 9.17) is 0 Å². The summed E-state index contributed by atoms with van der Waals surface area (Å²) in [6.45, 7) is 3.55. The van der Waals surface area contributed by atoms with Crippen molar-refractivity contribution in [1.82, 2.24) is 15.1 Å². The van der Waals surface area contributed by atoms with Gasteiger partial charge in [-0.3, -0.25) is 14.4 Å². The molecule has 3 rings (SSSR count). The van der Waals surface area contributed by atoms with Gasteiger partial charge < -0.3 is 15.1 Å². The summed E-state index contributed by atoms with van der Waals surface area (Å²) in [5.74, 6) is -0.0446. The predicted molar refractivity (Wildman–Crippen MR) is 107 cm³/mol. The van der Waals surface area contributed by atoms with Crippen molar-refractivity contribution in [3.63, 3.8) is 0 Å². The minimum Gasteiger partial charge on any atom is -0.354 e. The Kier molecular flexibility index (Phi) is 7.06. The standard InChI is InChI=1S/C22H31N3O3/c1-17(26)25-16-15-24(21(27)12-11-18-7-3-2-4-8-18)14-13-23-22(28)19-9-5-6-10-20(19)25/h2-4,7-8,19-20H,5-6,9-16H2,1H3,(H,23,28)/t19-,20+/m0/s1. The fourth-order valence-electron chi connectivity index (χ4n) is 4.44. The van der Waals surface area contributed by atoms with Crippen molar-refractivity contribution in [3.8, 4) is 0 Å². The third kappa shape index (κ3) is 5.12. The predicted octanol–water partition coefficient (Wildman–Crippen LogP) is 1.98. The van der Waals surface area contributed by atoms with Gasteiger partial charge in [0.2, 0.25) is 17.7 Å². The second-order valence-corrected chi connectivity index (χ2v) is 7.83. The first kappa shape index (κ1) is 20.4. The number of nitrogens with one attached hydrogen (secondary N) is 1. The molecule has 1 aliphatic carbocycles. The molecule has 1 heterocycles. The lowest BCUT2D eigenvalue weighted by Gasteiger charge is -2.40. The number of hydrogen-bond acceptors (Lipinski definition) is 3. The summed E-state index contributed by atoms with van der Waals surface area (Å²) in [7, 11) is 0. The van der Waals surface area contributed by atoms with Gasteiger partial charge in [-0.25, -0.2) is 0 Å². The number of aryl methyl sites for hydroxylation is 1. The molecule has 28 heavy (non-hydrogen) atoms. The van der Waals surface area contributed by atoms with Gasteiger partial charge in [-0.15, -0.1) is 0 Å². The zero-order valence-corrected chi connectivity index (χ0v) is 16.7. The summed E-state index contributed by atoms with van der Waals surface area (Å²) in [4.78, 5) is 41.4. The van der Waals surface area contributed by atoms with Crippen LogP contribution < -0.4 is 5.32 Å². The molecular weight excluding hydrogens is 354 g/mol. The van der Waals surface area contributed by atoms with Crippen LogP contribution in [0.3, 0.4) is 0 Å². The van der Waals surface area contributed by atoms with E-state index in [0.717, 1.165) is 31.2 Å². The first-order valence-corrected chi connectivity index (χ1v) is 10.4. The number of rotatable bonds is 3. The van der Waals surface area contributed by atoms with Crippen LogP contribution in [0.15, 0.2) is 30.3 Å². The van der Waals surface area contributed by atoms with Gasteiger partial charge in [-0.05, 0) is 24.8 Å². The van der Waals surface area contributed by atoms with Gasteiger partial charge in [-0.2, -0.15) is 0 Å². The Morgan fingerprint density at radius 3 is 2.57 bits per heavy atom. The Morgan fingerprint density at radius 1 is 1.07 bits per heavy atom. The van der Waals surface area contributed by atoms with Crippen molar-refractivity contribution in [2.45, 2.75) is 51.5 Å². The SMILES string of the molecule is CC(=O)N1CCN(C(=O)CCc2ccccc2)CCNC(=O)[C@H]2CCCC[C@H]21. The average Bonchev–Trinajstić information content (AvgIpc) is 2.71. The van der Waals surface area contributed by atoms with Gasteiger partial charge in [0, 0.05) is 45.6 Å².